The first-order valence-corrected chi connectivity index (χ1v) is 6.57. The lowest BCUT2D eigenvalue weighted by molar-refractivity contribution is 0.168. The van der Waals surface area contributed by atoms with E-state index in [9.17, 15) is 0 Å². The fourth-order valence-corrected chi connectivity index (χ4v) is 2.11. The zero-order valence-corrected chi connectivity index (χ0v) is 12.1. The first-order chi connectivity index (χ1) is 9.67. The summed E-state index contributed by atoms with van der Waals surface area (Å²) in [5.74, 6) is 0. The van der Waals surface area contributed by atoms with Crippen LogP contribution in [0.5, 0.6) is 0 Å². The fraction of sp³-hybridized carbons (Fsp3) is 0.500. The Kier molecular flexibility index (Phi) is 4.81. The van der Waals surface area contributed by atoms with Gasteiger partial charge < -0.3 is 24.5 Å². The number of nitrogens with two attached hydrogens (primary N) is 1. The number of rotatable bonds is 7. The minimum atomic E-state index is 0.129. The van der Waals surface area contributed by atoms with Gasteiger partial charge >= 0.3 is 0 Å². The molecule has 1 heterocycles. The van der Waals surface area contributed by atoms with E-state index in [-0.39, 0.29) is 6.04 Å². The Bertz CT molecular complexity index is 556. The fourth-order valence-electron chi connectivity index (χ4n) is 2.11. The highest BCUT2D eigenvalue weighted by atomic mass is 16.5. The molecule has 0 bridgehead atoms. The summed E-state index contributed by atoms with van der Waals surface area (Å²) in [5, 5.41) is 0. The summed E-state index contributed by atoms with van der Waals surface area (Å²) in [6.07, 6.45) is 0. The van der Waals surface area contributed by atoms with E-state index in [1.54, 1.807) is 14.2 Å². The van der Waals surface area contributed by atoms with E-state index < -0.39 is 0 Å². The number of anilines is 2. The van der Waals surface area contributed by atoms with Gasteiger partial charge in [-0.25, -0.2) is 0 Å². The Morgan fingerprint density at radius 3 is 2.80 bits per heavy atom. The average Bonchev–Trinajstić information content (AvgIpc) is 2.85. The first-order valence-electron chi connectivity index (χ1n) is 6.57. The normalized spacial score (nSPS) is 12.8. The number of nitrogen functional groups attached to an aromatic ring is 1. The van der Waals surface area contributed by atoms with Gasteiger partial charge in [-0.05, 0) is 19.1 Å². The predicted octanol–water partition coefficient (Wildman–Crippen LogP) is 1.90. The maximum atomic E-state index is 5.91. The molecule has 1 unspecified atom stereocenters. The van der Waals surface area contributed by atoms with Gasteiger partial charge in [0.1, 0.15) is 5.52 Å². The lowest BCUT2D eigenvalue weighted by Crippen LogP contribution is -2.38. The molecular weight excluding hydrogens is 258 g/mol. The number of aromatic nitrogens is 1. The van der Waals surface area contributed by atoms with Crippen LogP contribution in [0.15, 0.2) is 22.6 Å². The largest absolute Gasteiger partial charge is 0.423 e. The van der Waals surface area contributed by atoms with Crippen LogP contribution in [0, 0.1) is 0 Å². The molecule has 0 aliphatic carbocycles. The van der Waals surface area contributed by atoms with Crippen LogP contribution >= 0.6 is 0 Å². The second-order valence-electron chi connectivity index (χ2n) is 4.68. The summed E-state index contributed by atoms with van der Waals surface area (Å²) in [4.78, 5) is 6.51. The number of para-hydroxylation sites is 1. The maximum Gasteiger partial charge on any atom is 0.298 e. The van der Waals surface area contributed by atoms with Crippen LogP contribution in [0.3, 0.4) is 0 Å². The van der Waals surface area contributed by atoms with E-state index in [0.29, 0.717) is 42.6 Å². The number of hydrogen-bond donors (Lipinski definition) is 1. The van der Waals surface area contributed by atoms with E-state index >= 15 is 0 Å². The molecule has 2 aromatic rings. The van der Waals surface area contributed by atoms with E-state index in [4.69, 9.17) is 19.6 Å². The molecule has 0 spiro atoms. The van der Waals surface area contributed by atoms with Crippen LogP contribution in [0.25, 0.3) is 11.1 Å². The van der Waals surface area contributed by atoms with Crippen LogP contribution in [-0.4, -0.2) is 45.0 Å². The van der Waals surface area contributed by atoms with E-state index in [1.165, 1.54) is 0 Å². The van der Waals surface area contributed by atoms with Crippen molar-refractivity contribution < 1.29 is 13.9 Å². The van der Waals surface area contributed by atoms with Crippen molar-refractivity contribution in [3.05, 3.63) is 18.2 Å². The molecule has 2 N–H and O–H groups in total. The minimum Gasteiger partial charge on any atom is -0.423 e. The van der Waals surface area contributed by atoms with Gasteiger partial charge in [-0.1, -0.05) is 6.07 Å². The molecule has 20 heavy (non-hydrogen) atoms. The van der Waals surface area contributed by atoms with Crippen LogP contribution in [0.2, 0.25) is 0 Å². The summed E-state index contributed by atoms with van der Waals surface area (Å²) >= 11 is 0. The highest BCUT2D eigenvalue weighted by Gasteiger charge is 2.20. The predicted molar refractivity (Wildman–Crippen MR) is 79.0 cm³/mol. The van der Waals surface area contributed by atoms with Gasteiger partial charge in [0.15, 0.2) is 5.58 Å². The molecule has 1 aromatic carbocycles. The van der Waals surface area contributed by atoms with Crippen LogP contribution in [-0.2, 0) is 9.47 Å². The second-order valence-corrected chi connectivity index (χ2v) is 4.68. The zero-order chi connectivity index (χ0) is 14.5. The molecule has 0 radical (unpaired) electrons. The third-order valence-electron chi connectivity index (χ3n) is 3.16. The van der Waals surface area contributed by atoms with Gasteiger partial charge in [0, 0.05) is 20.8 Å². The third kappa shape index (κ3) is 3.02. The standard InChI is InChI=1S/C14H21N3O3/c1-10(9-19-3)17(7-8-18-2)14-16-13-11(15)5-4-6-12(13)20-14/h4-6,10H,7-9,15H2,1-3H3. The Morgan fingerprint density at radius 1 is 1.35 bits per heavy atom. The number of hydrogen-bond acceptors (Lipinski definition) is 6. The van der Waals surface area contributed by atoms with Crippen LogP contribution in [0.1, 0.15) is 6.92 Å². The molecule has 0 saturated heterocycles. The maximum absolute atomic E-state index is 5.91. The van der Waals surface area contributed by atoms with Crippen LogP contribution < -0.4 is 10.6 Å². The van der Waals surface area contributed by atoms with E-state index in [0.717, 1.165) is 0 Å². The van der Waals surface area contributed by atoms with Gasteiger partial charge in [0.2, 0.25) is 0 Å². The molecule has 6 heteroatoms. The van der Waals surface area contributed by atoms with Gasteiger partial charge in [0.25, 0.3) is 6.01 Å². The van der Waals surface area contributed by atoms with Crippen molar-refractivity contribution in [1.29, 1.82) is 0 Å². The molecule has 0 amide bonds. The molecule has 6 nitrogen and oxygen atoms in total. The van der Waals surface area contributed by atoms with Crippen molar-refractivity contribution in [1.82, 2.24) is 4.98 Å². The van der Waals surface area contributed by atoms with Crippen LogP contribution in [0.4, 0.5) is 11.7 Å². The molecule has 0 saturated carbocycles. The molecule has 1 atom stereocenters. The quantitative estimate of drug-likeness (QED) is 0.780. The molecule has 0 fully saturated rings. The Morgan fingerprint density at radius 2 is 2.15 bits per heavy atom. The second kappa shape index (κ2) is 6.58. The molecule has 2 rings (SSSR count). The van der Waals surface area contributed by atoms with Crippen molar-refractivity contribution in [2.75, 3.05) is 44.6 Å². The van der Waals surface area contributed by atoms with Crippen molar-refractivity contribution in [3.8, 4) is 0 Å². The number of ether oxygens (including phenoxy) is 2. The summed E-state index contributed by atoms with van der Waals surface area (Å²) in [5.41, 5.74) is 7.91. The summed E-state index contributed by atoms with van der Waals surface area (Å²) in [6.45, 7) is 3.89. The number of fused-ring (bicyclic) bond motifs is 1. The lowest BCUT2D eigenvalue weighted by Gasteiger charge is -2.26. The highest BCUT2D eigenvalue weighted by molar-refractivity contribution is 5.86. The monoisotopic (exact) mass is 279 g/mol. The number of methoxy groups -OCH3 is 2. The smallest absolute Gasteiger partial charge is 0.298 e. The lowest BCUT2D eigenvalue weighted by atomic mass is 10.3. The van der Waals surface area contributed by atoms with Crippen molar-refractivity contribution in [3.63, 3.8) is 0 Å². The number of benzene rings is 1. The van der Waals surface area contributed by atoms with Gasteiger partial charge in [-0.2, -0.15) is 4.98 Å². The Hall–Kier alpha value is -1.79. The number of nitrogens with zero attached hydrogens (tertiary/aromatic N) is 2. The number of oxazole rings is 1. The van der Waals surface area contributed by atoms with E-state index in [1.807, 2.05) is 23.1 Å². The zero-order valence-electron chi connectivity index (χ0n) is 12.1. The van der Waals surface area contributed by atoms with Crippen molar-refractivity contribution >= 4 is 22.8 Å². The minimum absolute atomic E-state index is 0.129. The van der Waals surface area contributed by atoms with Gasteiger partial charge in [-0.15, -0.1) is 0 Å². The molecule has 0 aliphatic rings. The van der Waals surface area contributed by atoms with Crippen molar-refractivity contribution in [2.24, 2.45) is 0 Å². The first kappa shape index (κ1) is 14.6. The molecule has 1 aromatic heterocycles. The molecule has 0 aliphatic heterocycles. The van der Waals surface area contributed by atoms with Gasteiger partial charge in [0.05, 0.1) is 24.9 Å². The topological polar surface area (TPSA) is 73.8 Å². The molecule has 110 valence electrons. The average molecular weight is 279 g/mol. The summed E-state index contributed by atoms with van der Waals surface area (Å²) in [7, 11) is 3.35. The third-order valence-corrected chi connectivity index (χ3v) is 3.16. The highest BCUT2D eigenvalue weighted by Crippen LogP contribution is 2.26. The SMILES string of the molecule is COCCN(c1nc2c(N)cccc2o1)C(C)COC. The Balaban J connectivity index is 2.32. The van der Waals surface area contributed by atoms with E-state index in [2.05, 4.69) is 11.9 Å². The molecular formula is C14H21N3O3. The van der Waals surface area contributed by atoms with Gasteiger partial charge in [-0.3, -0.25) is 0 Å². The van der Waals surface area contributed by atoms with Crippen molar-refractivity contribution in [2.45, 2.75) is 13.0 Å². The Labute approximate surface area is 118 Å². The summed E-state index contributed by atoms with van der Waals surface area (Å²) in [6, 6.07) is 6.19. The summed E-state index contributed by atoms with van der Waals surface area (Å²) < 4.78 is 16.1.